The molecule has 1 aromatic carbocycles. The minimum atomic E-state index is -0.502. The predicted octanol–water partition coefficient (Wildman–Crippen LogP) is 2.63. The van der Waals surface area contributed by atoms with E-state index in [2.05, 4.69) is 32.0 Å². The smallest absolute Gasteiger partial charge is 0.0883 e. The first-order valence-electron chi connectivity index (χ1n) is 5.65. The van der Waals surface area contributed by atoms with Crippen LogP contribution >= 0.6 is 0 Å². The molecular weight excluding hydrogens is 200 g/mol. The molecule has 0 amide bonds. The molecule has 0 aliphatic rings. The normalized spacial score (nSPS) is 13.9. The summed E-state index contributed by atoms with van der Waals surface area (Å²) in [5, 5.41) is 10.1. The quantitative estimate of drug-likeness (QED) is 0.848. The van der Waals surface area contributed by atoms with E-state index in [1.54, 1.807) is 7.11 Å². The number of aryl methyl sites for hydroxylation is 2. The summed E-state index contributed by atoms with van der Waals surface area (Å²) >= 11 is 0. The summed E-state index contributed by atoms with van der Waals surface area (Å²) in [6, 6.07) is 6.36. The first-order chi connectivity index (χ1) is 7.35. The van der Waals surface area contributed by atoms with Crippen LogP contribution in [0.15, 0.2) is 18.2 Å². The molecule has 0 saturated carbocycles. The highest BCUT2D eigenvalue weighted by Gasteiger charge is 2.27. The Balaban J connectivity index is 2.80. The fourth-order valence-electron chi connectivity index (χ4n) is 1.79. The van der Waals surface area contributed by atoms with Crippen molar-refractivity contribution in [3.63, 3.8) is 0 Å². The molecule has 0 aromatic heterocycles. The van der Waals surface area contributed by atoms with Gasteiger partial charge < -0.3 is 9.84 Å². The number of hydrogen-bond donors (Lipinski definition) is 1. The molecule has 0 spiro atoms. The van der Waals surface area contributed by atoms with Crippen LogP contribution in [0.3, 0.4) is 0 Å². The average Bonchev–Trinajstić information content (AvgIpc) is 2.15. The molecule has 0 saturated heterocycles. The van der Waals surface area contributed by atoms with E-state index < -0.39 is 11.7 Å². The van der Waals surface area contributed by atoms with E-state index in [4.69, 9.17) is 4.74 Å². The van der Waals surface area contributed by atoms with Crippen molar-refractivity contribution in [3.05, 3.63) is 34.9 Å². The lowest BCUT2D eigenvalue weighted by molar-refractivity contribution is -0.0765. The highest BCUT2D eigenvalue weighted by atomic mass is 16.5. The van der Waals surface area contributed by atoms with Crippen molar-refractivity contribution in [2.75, 3.05) is 7.11 Å². The number of rotatable bonds is 4. The summed E-state index contributed by atoms with van der Waals surface area (Å²) < 4.78 is 5.28. The van der Waals surface area contributed by atoms with Gasteiger partial charge in [0.1, 0.15) is 0 Å². The fraction of sp³-hybridized carbons (Fsp3) is 0.571. The number of aliphatic hydroxyl groups excluding tert-OH is 1. The van der Waals surface area contributed by atoms with E-state index in [-0.39, 0.29) is 0 Å². The highest BCUT2D eigenvalue weighted by molar-refractivity contribution is 5.29. The van der Waals surface area contributed by atoms with Gasteiger partial charge in [-0.3, -0.25) is 0 Å². The zero-order valence-electron chi connectivity index (χ0n) is 10.9. The molecule has 1 unspecified atom stereocenters. The Kier molecular flexibility index (Phi) is 4.11. The van der Waals surface area contributed by atoms with Gasteiger partial charge in [0.2, 0.25) is 0 Å². The molecule has 0 bridgehead atoms. The van der Waals surface area contributed by atoms with Gasteiger partial charge in [-0.05, 0) is 33.3 Å². The van der Waals surface area contributed by atoms with Gasteiger partial charge in [0.25, 0.3) is 0 Å². The number of ether oxygens (including phenoxy) is 1. The maximum absolute atomic E-state index is 10.1. The first-order valence-corrected chi connectivity index (χ1v) is 5.65. The van der Waals surface area contributed by atoms with Crippen LogP contribution in [-0.2, 0) is 11.2 Å². The molecule has 1 aromatic rings. The molecule has 16 heavy (non-hydrogen) atoms. The molecular formula is C14H22O2. The van der Waals surface area contributed by atoms with Crippen molar-refractivity contribution < 1.29 is 9.84 Å². The third kappa shape index (κ3) is 3.32. The van der Waals surface area contributed by atoms with E-state index in [9.17, 15) is 5.11 Å². The van der Waals surface area contributed by atoms with Gasteiger partial charge in [0.15, 0.2) is 0 Å². The van der Waals surface area contributed by atoms with Gasteiger partial charge in [0.05, 0.1) is 11.7 Å². The number of hydrogen-bond acceptors (Lipinski definition) is 2. The lowest BCUT2D eigenvalue weighted by atomic mass is 9.93. The first kappa shape index (κ1) is 13.2. The van der Waals surface area contributed by atoms with Crippen LogP contribution < -0.4 is 0 Å². The Morgan fingerprint density at radius 1 is 1.19 bits per heavy atom. The number of benzene rings is 1. The topological polar surface area (TPSA) is 29.5 Å². The third-order valence-electron chi connectivity index (χ3n) is 3.04. The van der Waals surface area contributed by atoms with Crippen molar-refractivity contribution in [2.24, 2.45) is 0 Å². The second-order valence-electron chi connectivity index (χ2n) is 5.02. The van der Waals surface area contributed by atoms with Crippen LogP contribution in [0.5, 0.6) is 0 Å². The Hall–Kier alpha value is -0.860. The van der Waals surface area contributed by atoms with Gasteiger partial charge in [-0.25, -0.2) is 0 Å². The highest BCUT2D eigenvalue weighted by Crippen LogP contribution is 2.19. The lowest BCUT2D eigenvalue weighted by Gasteiger charge is -2.29. The second kappa shape index (κ2) is 4.98. The van der Waals surface area contributed by atoms with E-state index in [1.807, 2.05) is 13.8 Å². The van der Waals surface area contributed by atoms with E-state index in [0.29, 0.717) is 6.42 Å². The van der Waals surface area contributed by atoms with Crippen molar-refractivity contribution in [1.29, 1.82) is 0 Å². The lowest BCUT2D eigenvalue weighted by Crippen LogP contribution is -2.39. The van der Waals surface area contributed by atoms with Crippen LogP contribution in [0.1, 0.15) is 30.5 Å². The van der Waals surface area contributed by atoms with Crippen LogP contribution in [0.4, 0.5) is 0 Å². The second-order valence-corrected chi connectivity index (χ2v) is 5.02. The largest absolute Gasteiger partial charge is 0.390 e. The molecule has 2 nitrogen and oxygen atoms in total. The summed E-state index contributed by atoms with van der Waals surface area (Å²) in [7, 11) is 1.63. The predicted molar refractivity (Wildman–Crippen MR) is 66.7 cm³/mol. The molecule has 0 aliphatic heterocycles. The maximum atomic E-state index is 10.1. The van der Waals surface area contributed by atoms with E-state index in [1.165, 1.54) is 11.1 Å². The summed E-state index contributed by atoms with van der Waals surface area (Å²) in [6.45, 7) is 7.95. The molecule has 90 valence electrons. The summed E-state index contributed by atoms with van der Waals surface area (Å²) in [5.74, 6) is 0. The van der Waals surface area contributed by atoms with Crippen LogP contribution in [-0.4, -0.2) is 23.9 Å². The molecule has 0 radical (unpaired) electrons. The van der Waals surface area contributed by atoms with Crippen LogP contribution in [0, 0.1) is 13.8 Å². The Morgan fingerprint density at radius 3 is 2.12 bits per heavy atom. The minimum Gasteiger partial charge on any atom is -0.390 e. The summed E-state index contributed by atoms with van der Waals surface area (Å²) in [5.41, 5.74) is 3.13. The molecule has 1 atom stereocenters. The number of aliphatic hydroxyl groups is 1. The van der Waals surface area contributed by atoms with Gasteiger partial charge in [-0.15, -0.1) is 0 Å². The van der Waals surface area contributed by atoms with E-state index >= 15 is 0 Å². The molecule has 0 heterocycles. The Labute approximate surface area is 98.3 Å². The molecule has 1 rings (SSSR count). The van der Waals surface area contributed by atoms with Gasteiger partial charge >= 0.3 is 0 Å². The minimum absolute atomic E-state index is 0.487. The molecule has 0 fully saturated rings. The van der Waals surface area contributed by atoms with Crippen molar-refractivity contribution in [3.8, 4) is 0 Å². The molecule has 1 N–H and O–H groups in total. The van der Waals surface area contributed by atoms with Gasteiger partial charge in [-0.2, -0.15) is 0 Å². The maximum Gasteiger partial charge on any atom is 0.0883 e. The monoisotopic (exact) mass is 222 g/mol. The fourth-order valence-corrected chi connectivity index (χ4v) is 1.79. The summed E-state index contributed by atoms with van der Waals surface area (Å²) in [4.78, 5) is 0. The Bertz CT molecular complexity index is 336. The average molecular weight is 222 g/mol. The Morgan fingerprint density at radius 2 is 1.69 bits per heavy atom. The third-order valence-corrected chi connectivity index (χ3v) is 3.04. The van der Waals surface area contributed by atoms with Gasteiger partial charge in [0, 0.05) is 13.5 Å². The molecule has 2 heteroatoms. The zero-order valence-corrected chi connectivity index (χ0v) is 10.9. The zero-order chi connectivity index (χ0) is 12.3. The van der Waals surface area contributed by atoms with Crippen LogP contribution in [0.2, 0.25) is 0 Å². The standard InChI is InChI=1S/C14H22O2/c1-10-6-11(2)8-12(7-10)9-13(15)14(3,4)16-5/h6-8,13,15H,9H2,1-5H3. The molecule has 0 aliphatic carbocycles. The van der Waals surface area contributed by atoms with Gasteiger partial charge in [-0.1, -0.05) is 29.3 Å². The SMILES string of the molecule is COC(C)(C)C(O)Cc1cc(C)cc(C)c1. The summed E-state index contributed by atoms with van der Waals surface area (Å²) in [6.07, 6.45) is 0.141. The van der Waals surface area contributed by atoms with Crippen molar-refractivity contribution in [1.82, 2.24) is 0 Å². The van der Waals surface area contributed by atoms with E-state index in [0.717, 1.165) is 5.56 Å². The van der Waals surface area contributed by atoms with Crippen molar-refractivity contribution >= 4 is 0 Å². The van der Waals surface area contributed by atoms with Crippen LogP contribution in [0.25, 0.3) is 0 Å². The van der Waals surface area contributed by atoms with Crippen molar-refractivity contribution in [2.45, 2.75) is 45.8 Å². The number of methoxy groups -OCH3 is 1.